The quantitative estimate of drug-likeness (QED) is 0.519. The van der Waals surface area contributed by atoms with Crippen LogP contribution in [0.1, 0.15) is 5.56 Å². The lowest BCUT2D eigenvalue weighted by molar-refractivity contribution is -0.114. The van der Waals surface area contributed by atoms with Crippen LogP contribution in [0.3, 0.4) is 0 Å². The molecule has 0 radical (unpaired) electrons. The van der Waals surface area contributed by atoms with E-state index in [1.165, 1.54) is 38.5 Å². The predicted molar refractivity (Wildman–Crippen MR) is 125 cm³/mol. The highest BCUT2D eigenvalue weighted by Crippen LogP contribution is 2.30. The lowest BCUT2D eigenvalue weighted by Gasteiger charge is -2.24. The van der Waals surface area contributed by atoms with E-state index >= 15 is 0 Å². The van der Waals surface area contributed by atoms with Crippen molar-refractivity contribution in [1.82, 2.24) is 0 Å². The summed E-state index contributed by atoms with van der Waals surface area (Å²) >= 11 is 5.91. The van der Waals surface area contributed by atoms with E-state index in [0.29, 0.717) is 27.9 Å². The second-order valence-corrected chi connectivity index (χ2v) is 9.21. The molecule has 0 unspecified atom stereocenters. The molecule has 3 aromatic carbocycles. The average Bonchev–Trinajstić information content (AvgIpc) is 2.78. The first-order valence-electron chi connectivity index (χ1n) is 9.61. The van der Waals surface area contributed by atoms with Gasteiger partial charge in [0.25, 0.3) is 10.0 Å². The van der Waals surface area contributed by atoms with Crippen LogP contribution < -0.4 is 19.1 Å². The Bertz CT molecular complexity index is 1200. The molecule has 3 aromatic rings. The summed E-state index contributed by atoms with van der Waals surface area (Å²) in [5.74, 6) is 0.390. The van der Waals surface area contributed by atoms with Crippen molar-refractivity contribution in [2.45, 2.75) is 11.8 Å². The van der Waals surface area contributed by atoms with Gasteiger partial charge in [0.05, 0.1) is 30.5 Å². The Morgan fingerprint density at radius 1 is 0.969 bits per heavy atom. The van der Waals surface area contributed by atoms with Gasteiger partial charge < -0.3 is 14.8 Å². The van der Waals surface area contributed by atoms with Crippen LogP contribution in [0.25, 0.3) is 0 Å². The Morgan fingerprint density at radius 2 is 1.62 bits per heavy atom. The van der Waals surface area contributed by atoms with Gasteiger partial charge >= 0.3 is 0 Å². The number of nitrogens with one attached hydrogen (secondary N) is 1. The highest BCUT2D eigenvalue weighted by atomic mass is 35.5. The fraction of sp³-hybridized carbons (Fsp3) is 0.174. The molecule has 0 heterocycles. The Balaban J connectivity index is 1.95. The number of ether oxygens (including phenoxy) is 2. The summed E-state index contributed by atoms with van der Waals surface area (Å²) in [6.07, 6.45) is 0. The van der Waals surface area contributed by atoms with Crippen LogP contribution in [0, 0.1) is 6.92 Å². The third kappa shape index (κ3) is 5.33. The standard InChI is InChI=1S/C23H23ClN2O5S/c1-16-4-8-18(9-5-16)26(32(28,29)20-11-6-17(24)7-12-20)15-23(27)25-21-14-19(30-2)10-13-22(21)31-3/h4-14H,15H2,1-3H3,(H,25,27). The van der Waals surface area contributed by atoms with E-state index in [1.54, 1.807) is 42.5 Å². The van der Waals surface area contributed by atoms with Crippen LogP contribution in [-0.2, 0) is 14.8 Å². The maximum Gasteiger partial charge on any atom is 0.264 e. The fourth-order valence-corrected chi connectivity index (χ4v) is 4.54. The highest BCUT2D eigenvalue weighted by molar-refractivity contribution is 7.92. The first-order chi connectivity index (χ1) is 15.2. The summed E-state index contributed by atoms with van der Waals surface area (Å²) in [4.78, 5) is 13.0. The molecule has 1 amide bonds. The second-order valence-electron chi connectivity index (χ2n) is 6.92. The predicted octanol–water partition coefficient (Wildman–Crippen LogP) is 4.50. The third-order valence-corrected chi connectivity index (χ3v) is 6.73. The summed E-state index contributed by atoms with van der Waals surface area (Å²) < 4.78 is 38.3. The third-order valence-electron chi connectivity index (χ3n) is 4.69. The van der Waals surface area contributed by atoms with Crippen LogP contribution in [0.4, 0.5) is 11.4 Å². The number of hydrogen-bond donors (Lipinski definition) is 1. The van der Waals surface area contributed by atoms with E-state index in [2.05, 4.69) is 5.32 Å². The van der Waals surface area contributed by atoms with Gasteiger partial charge in [0.2, 0.25) is 5.91 Å². The van der Waals surface area contributed by atoms with Gasteiger partial charge in [-0.1, -0.05) is 29.3 Å². The van der Waals surface area contributed by atoms with Crippen LogP contribution >= 0.6 is 11.6 Å². The number of halogens is 1. The maximum atomic E-state index is 13.4. The summed E-state index contributed by atoms with van der Waals surface area (Å²) in [7, 11) is -1.06. The summed E-state index contributed by atoms with van der Waals surface area (Å²) in [5.41, 5.74) is 1.69. The first-order valence-corrected chi connectivity index (χ1v) is 11.4. The molecule has 1 N–H and O–H groups in total. The van der Waals surface area contributed by atoms with Crippen LogP contribution in [0.15, 0.2) is 71.6 Å². The molecule has 0 spiro atoms. The molecular weight excluding hydrogens is 452 g/mol. The molecule has 0 saturated heterocycles. The molecule has 0 atom stereocenters. The van der Waals surface area contributed by atoms with Gasteiger partial charge in [0, 0.05) is 11.1 Å². The number of aryl methyl sites for hydroxylation is 1. The number of nitrogens with zero attached hydrogens (tertiary/aromatic N) is 1. The summed E-state index contributed by atoms with van der Waals surface area (Å²) in [6, 6.07) is 17.6. The second kappa shape index (κ2) is 9.93. The van der Waals surface area contributed by atoms with Gasteiger partial charge in [-0.25, -0.2) is 8.42 Å². The van der Waals surface area contributed by atoms with Crippen molar-refractivity contribution in [2.75, 3.05) is 30.4 Å². The largest absolute Gasteiger partial charge is 0.497 e. The number of methoxy groups -OCH3 is 2. The van der Waals surface area contributed by atoms with Gasteiger partial charge in [0.15, 0.2) is 0 Å². The minimum absolute atomic E-state index is 0.0224. The zero-order chi connectivity index (χ0) is 23.3. The summed E-state index contributed by atoms with van der Waals surface area (Å²) in [5, 5.41) is 3.12. The number of anilines is 2. The number of carbonyl (C=O) groups excluding carboxylic acids is 1. The smallest absolute Gasteiger partial charge is 0.264 e. The average molecular weight is 475 g/mol. The minimum Gasteiger partial charge on any atom is -0.497 e. The van der Waals surface area contributed by atoms with E-state index in [9.17, 15) is 13.2 Å². The van der Waals surface area contributed by atoms with Gasteiger partial charge in [0.1, 0.15) is 18.0 Å². The van der Waals surface area contributed by atoms with Crippen LogP contribution in [0.2, 0.25) is 5.02 Å². The van der Waals surface area contributed by atoms with Crippen LogP contribution in [-0.4, -0.2) is 35.1 Å². The number of benzene rings is 3. The molecule has 0 saturated carbocycles. The molecule has 0 fully saturated rings. The molecule has 0 aliphatic carbocycles. The molecule has 0 bridgehead atoms. The summed E-state index contributed by atoms with van der Waals surface area (Å²) in [6.45, 7) is 1.44. The topological polar surface area (TPSA) is 84.9 Å². The number of carbonyl (C=O) groups is 1. The zero-order valence-corrected chi connectivity index (χ0v) is 19.4. The van der Waals surface area contributed by atoms with Gasteiger partial charge in [-0.2, -0.15) is 0 Å². The zero-order valence-electron chi connectivity index (χ0n) is 17.8. The number of hydrogen-bond acceptors (Lipinski definition) is 5. The molecule has 0 aliphatic rings. The van der Waals surface area contributed by atoms with E-state index in [4.69, 9.17) is 21.1 Å². The van der Waals surface area contributed by atoms with E-state index < -0.39 is 22.5 Å². The number of rotatable bonds is 8. The highest BCUT2D eigenvalue weighted by Gasteiger charge is 2.27. The van der Waals surface area contributed by atoms with E-state index in [1.807, 2.05) is 6.92 Å². The Labute approximate surface area is 192 Å². The normalized spacial score (nSPS) is 11.0. The lowest BCUT2D eigenvalue weighted by atomic mass is 10.2. The Hall–Kier alpha value is -3.23. The molecular formula is C23H23ClN2O5S. The van der Waals surface area contributed by atoms with Gasteiger partial charge in [-0.15, -0.1) is 0 Å². The molecule has 7 nitrogen and oxygen atoms in total. The molecule has 9 heteroatoms. The van der Waals surface area contributed by atoms with Crippen molar-refractivity contribution in [1.29, 1.82) is 0 Å². The maximum absolute atomic E-state index is 13.4. The van der Waals surface area contributed by atoms with Crippen molar-refractivity contribution < 1.29 is 22.7 Å². The van der Waals surface area contributed by atoms with Crippen molar-refractivity contribution in [2.24, 2.45) is 0 Å². The number of sulfonamides is 1. The first kappa shape index (κ1) is 23.4. The fourth-order valence-electron chi connectivity index (χ4n) is 2.99. The number of amides is 1. The van der Waals surface area contributed by atoms with Gasteiger partial charge in [-0.3, -0.25) is 9.10 Å². The van der Waals surface area contributed by atoms with Gasteiger partial charge in [-0.05, 0) is 55.5 Å². The minimum atomic E-state index is -4.04. The van der Waals surface area contributed by atoms with E-state index in [0.717, 1.165) is 9.87 Å². The lowest BCUT2D eigenvalue weighted by Crippen LogP contribution is -2.38. The van der Waals surface area contributed by atoms with Crippen molar-refractivity contribution in [3.8, 4) is 11.5 Å². The van der Waals surface area contributed by atoms with E-state index in [-0.39, 0.29) is 4.90 Å². The Kier molecular flexibility index (Phi) is 7.27. The molecule has 168 valence electrons. The molecule has 0 aromatic heterocycles. The van der Waals surface area contributed by atoms with Crippen molar-refractivity contribution in [3.63, 3.8) is 0 Å². The van der Waals surface area contributed by atoms with Crippen molar-refractivity contribution in [3.05, 3.63) is 77.3 Å². The van der Waals surface area contributed by atoms with Crippen LogP contribution in [0.5, 0.6) is 11.5 Å². The monoisotopic (exact) mass is 474 g/mol. The SMILES string of the molecule is COc1ccc(OC)c(NC(=O)CN(c2ccc(C)cc2)S(=O)(=O)c2ccc(Cl)cc2)c1. The Morgan fingerprint density at radius 3 is 2.22 bits per heavy atom. The molecule has 0 aliphatic heterocycles. The molecule has 32 heavy (non-hydrogen) atoms. The van der Waals surface area contributed by atoms with Crippen molar-refractivity contribution >= 4 is 38.9 Å². The molecule has 3 rings (SSSR count).